The van der Waals surface area contributed by atoms with Gasteiger partial charge in [-0.25, -0.2) is 4.39 Å². The van der Waals surface area contributed by atoms with Crippen molar-refractivity contribution in [3.8, 4) is 0 Å². The van der Waals surface area contributed by atoms with Crippen LogP contribution in [0.2, 0.25) is 0 Å². The summed E-state index contributed by atoms with van der Waals surface area (Å²) in [5.74, 6) is -1.62. The molecule has 1 atom stereocenters. The first-order chi connectivity index (χ1) is 22.2. The van der Waals surface area contributed by atoms with Crippen molar-refractivity contribution in [2.45, 2.75) is 24.0 Å². The Balaban J connectivity index is 1.38. The summed E-state index contributed by atoms with van der Waals surface area (Å²) in [5.41, 5.74) is 5.02. The third kappa shape index (κ3) is 8.58. The van der Waals surface area contributed by atoms with Crippen LogP contribution in [0.1, 0.15) is 37.9 Å². The van der Waals surface area contributed by atoms with Crippen molar-refractivity contribution in [3.05, 3.63) is 167 Å². The number of amides is 3. The Morgan fingerprint density at radius 3 is 2.13 bits per heavy atom. The van der Waals surface area contributed by atoms with E-state index in [9.17, 15) is 18.8 Å². The Kier molecular flexibility index (Phi) is 10.4. The van der Waals surface area contributed by atoms with Crippen LogP contribution in [0, 0.1) is 19.7 Å². The molecule has 0 bridgehead atoms. The maximum absolute atomic E-state index is 13.6. The Labute approximate surface area is 271 Å². The number of halogens is 1. The van der Waals surface area contributed by atoms with Crippen molar-refractivity contribution in [2.24, 2.45) is 0 Å². The van der Waals surface area contributed by atoms with E-state index in [-0.39, 0.29) is 11.6 Å². The summed E-state index contributed by atoms with van der Waals surface area (Å²) in [4.78, 5) is 40.9. The summed E-state index contributed by atoms with van der Waals surface area (Å²) in [7, 11) is 0. The van der Waals surface area contributed by atoms with Crippen molar-refractivity contribution >= 4 is 46.9 Å². The Bertz CT molecular complexity index is 1880. The molecule has 0 aliphatic rings. The van der Waals surface area contributed by atoms with Gasteiger partial charge in [0.1, 0.15) is 16.8 Å². The minimum Gasteiger partial charge on any atom is -0.325 e. The summed E-state index contributed by atoms with van der Waals surface area (Å²) >= 11 is 1.36. The lowest BCUT2D eigenvalue weighted by atomic mass is 10.1. The summed E-state index contributed by atoms with van der Waals surface area (Å²) < 4.78 is 13.5. The predicted octanol–water partition coefficient (Wildman–Crippen LogP) is 8.32. The number of hydrogen-bond acceptors (Lipinski definition) is 4. The second kappa shape index (κ2) is 15.0. The van der Waals surface area contributed by atoms with Gasteiger partial charge >= 0.3 is 0 Å². The first kappa shape index (κ1) is 31.9. The molecule has 8 heteroatoms. The molecule has 0 saturated carbocycles. The van der Waals surface area contributed by atoms with Crippen molar-refractivity contribution in [2.75, 3.05) is 10.6 Å². The summed E-state index contributed by atoms with van der Waals surface area (Å²) in [6, 6.07) is 36.7. The highest BCUT2D eigenvalue weighted by Crippen LogP contribution is 2.37. The number of aryl methyl sites for hydroxylation is 2. The van der Waals surface area contributed by atoms with Crippen LogP contribution in [0.3, 0.4) is 0 Å². The largest absolute Gasteiger partial charge is 0.325 e. The summed E-state index contributed by atoms with van der Waals surface area (Å²) in [5, 5.41) is 8.04. The molecule has 0 spiro atoms. The Morgan fingerprint density at radius 2 is 1.43 bits per heavy atom. The predicted molar refractivity (Wildman–Crippen MR) is 183 cm³/mol. The van der Waals surface area contributed by atoms with Crippen LogP contribution in [0.4, 0.5) is 15.8 Å². The molecule has 0 fully saturated rings. The number of carbonyl (C=O) groups excluding carboxylic acids is 3. The topological polar surface area (TPSA) is 87.3 Å². The first-order valence-electron chi connectivity index (χ1n) is 14.6. The highest BCUT2D eigenvalue weighted by Gasteiger charge is 2.23. The lowest BCUT2D eigenvalue weighted by molar-refractivity contribution is -0.116. The number of nitrogens with one attached hydrogen (secondary N) is 3. The van der Waals surface area contributed by atoms with E-state index in [0.29, 0.717) is 16.8 Å². The highest BCUT2D eigenvalue weighted by molar-refractivity contribution is 8.00. The number of carbonyl (C=O) groups is 3. The van der Waals surface area contributed by atoms with Gasteiger partial charge in [0.05, 0.1) is 0 Å². The Hall–Kier alpha value is -5.47. The summed E-state index contributed by atoms with van der Waals surface area (Å²) in [6.45, 7) is 3.96. The monoisotopic (exact) mass is 629 g/mol. The summed E-state index contributed by atoms with van der Waals surface area (Å²) in [6.07, 6.45) is 1.48. The third-order valence-corrected chi connectivity index (χ3v) is 8.28. The number of anilines is 2. The molecule has 5 aromatic rings. The number of benzene rings is 5. The van der Waals surface area contributed by atoms with Gasteiger partial charge in [0.25, 0.3) is 11.8 Å². The molecule has 0 radical (unpaired) electrons. The third-order valence-electron chi connectivity index (χ3n) is 7.04. The van der Waals surface area contributed by atoms with Crippen LogP contribution in [0.25, 0.3) is 6.08 Å². The molecule has 0 aliphatic carbocycles. The molecule has 6 nitrogen and oxygen atoms in total. The lowest BCUT2D eigenvalue weighted by Crippen LogP contribution is -2.30. The lowest BCUT2D eigenvalue weighted by Gasteiger charge is -2.19. The van der Waals surface area contributed by atoms with Crippen molar-refractivity contribution in [3.63, 3.8) is 0 Å². The molecule has 0 saturated heterocycles. The SMILES string of the molecule is Cc1ccc(NC(=O)C(Sc2cccc(NC(=O)/C(=C\c3ccc(F)cc3)NC(=O)c3ccccc3)c2)c2ccccc2)c(C)c1. The minimum atomic E-state index is -0.577. The Morgan fingerprint density at radius 1 is 0.739 bits per heavy atom. The van der Waals surface area contributed by atoms with Gasteiger partial charge in [-0.15, -0.1) is 11.8 Å². The van der Waals surface area contributed by atoms with Crippen LogP contribution in [0.15, 0.2) is 138 Å². The zero-order chi connectivity index (χ0) is 32.5. The van der Waals surface area contributed by atoms with E-state index in [1.165, 1.54) is 42.1 Å². The molecule has 0 aromatic heterocycles. The normalized spacial score (nSPS) is 11.8. The van der Waals surface area contributed by atoms with Crippen LogP contribution in [-0.4, -0.2) is 17.7 Å². The smallest absolute Gasteiger partial charge is 0.272 e. The molecule has 3 N–H and O–H groups in total. The van der Waals surface area contributed by atoms with Gasteiger partial charge < -0.3 is 16.0 Å². The molecule has 5 aromatic carbocycles. The molecule has 0 heterocycles. The van der Waals surface area contributed by atoms with Crippen LogP contribution in [-0.2, 0) is 9.59 Å². The molecule has 3 amide bonds. The van der Waals surface area contributed by atoms with E-state index in [2.05, 4.69) is 16.0 Å². The average Bonchev–Trinajstić information content (AvgIpc) is 3.06. The molecular formula is C38H32FN3O3S. The van der Waals surface area contributed by atoms with Crippen LogP contribution in [0.5, 0.6) is 0 Å². The fraction of sp³-hybridized carbons (Fsp3) is 0.0789. The van der Waals surface area contributed by atoms with E-state index < -0.39 is 22.9 Å². The molecule has 1 unspecified atom stereocenters. The van der Waals surface area contributed by atoms with Gasteiger partial charge in [0, 0.05) is 21.8 Å². The number of hydrogen-bond donors (Lipinski definition) is 3. The van der Waals surface area contributed by atoms with E-state index in [1.54, 1.807) is 48.5 Å². The first-order valence-corrected chi connectivity index (χ1v) is 15.5. The fourth-order valence-corrected chi connectivity index (χ4v) is 5.79. The molecular weight excluding hydrogens is 598 g/mol. The standard InChI is InChI=1S/C38H32FN3O3S/c1-25-16-21-33(26(2)22-25)41-38(45)35(28-10-5-3-6-11-28)46-32-15-9-14-31(24-32)40-37(44)34(23-27-17-19-30(39)20-18-27)42-36(43)29-12-7-4-8-13-29/h3-24,35H,1-2H3,(H,40,44)(H,41,45)(H,42,43)/b34-23+. The second-order valence-electron chi connectivity index (χ2n) is 10.6. The minimum absolute atomic E-state index is 0.0199. The van der Waals surface area contributed by atoms with E-state index >= 15 is 0 Å². The van der Waals surface area contributed by atoms with Crippen LogP contribution < -0.4 is 16.0 Å². The molecule has 0 aliphatic heterocycles. The van der Waals surface area contributed by atoms with E-state index in [1.807, 2.05) is 68.4 Å². The van der Waals surface area contributed by atoms with Gasteiger partial charge in [-0.3, -0.25) is 14.4 Å². The maximum Gasteiger partial charge on any atom is 0.272 e. The van der Waals surface area contributed by atoms with Gasteiger partial charge in [0.15, 0.2) is 0 Å². The second-order valence-corrected chi connectivity index (χ2v) is 11.8. The fourth-order valence-electron chi connectivity index (χ4n) is 4.70. The van der Waals surface area contributed by atoms with Gasteiger partial charge in [-0.2, -0.15) is 0 Å². The zero-order valence-electron chi connectivity index (χ0n) is 25.3. The molecule has 230 valence electrons. The highest BCUT2D eigenvalue weighted by atomic mass is 32.2. The zero-order valence-corrected chi connectivity index (χ0v) is 26.1. The van der Waals surface area contributed by atoms with E-state index in [0.717, 1.165) is 27.3 Å². The number of thioether (sulfide) groups is 1. The van der Waals surface area contributed by atoms with Crippen molar-refractivity contribution < 1.29 is 18.8 Å². The van der Waals surface area contributed by atoms with Gasteiger partial charge in [-0.1, -0.05) is 84.4 Å². The quantitative estimate of drug-likeness (QED) is 0.107. The van der Waals surface area contributed by atoms with E-state index in [4.69, 9.17) is 0 Å². The number of rotatable bonds is 10. The maximum atomic E-state index is 13.6. The molecule has 46 heavy (non-hydrogen) atoms. The van der Waals surface area contributed by atoms with Gasteiger partial charge in [0.2, 0.25) is 5.91 Å². The molecule has 5 rings (SSSR count). The van der Waals surface area contributed by atoms with Crippen molar-refractivity contribution in [1.82, 2.24) is 5.32 Å². The van der Waals surface area contributed by atoms with Gasteiger partial charge in [-0.05, 0) is 85.1 Å². The van der Waals surface area contributed by atoms with Crippen LogP contribution >= 0.6 is 11.8 Å². The van der Waals surface area contributed by atoms with Crippen molar-refractivity contribution in [1.29, 1.82) is 0 Å². The average molecular weight is 630 g/mol.